The van der Waals surface area contributed by atoms with Crippen LogP contribution in [-0.4, -0.2) is 18.1 Å². The topological polar surface area (TPSA) is 38.1 Å². The molecule has 1 aromatic heterocycles. The van der Waals surface area contributed by atoms with E-state index >= 15 is 0 Å². The minimum Gasteiger partial charge on any atom is -0.449 e. The van der Waals surface area contributed by atoms with Gasteiger partial charge in [-0.2, -0.15) is 0 Å². The fourth-order valence-electron chi connectivity index (χ4n) is 3.07. The van der Waals surface area contributed by atoms with E-state index in [2.05, 4.69) is 16.4 Å². The average Bonchev–Trinajstić information content (AvgIpc) is 2.88. The Morgan fingerprint density at radius 2 is 2.00 bits per heavy atom. The lowest BCUT2D eigenvalue weighted by Crippen LogP contribution is -2.41. The van der Waals surface area contributed by atoms with Gasteiger partial charge in [0.2, 0.25) is 0 Å². The summed E-state index contributed by atoms with van der Waals surface area (Å²) in [5, 5.41) is 4.62. The molecule has 0 spiro atoms. The number of rotatable bonds is 3. The van der Waals surface area contributed by atoms with Crippen molar-refractivity contribution in [3.05, 3.63) is 51.7 Å². The number of aromatic nitrogens is 1. The first kappa shape index (κ1) is 14.9. The van der Waals surface area contributed by atoms with Crippen LogP contribution in [0.5, 0.6) is 0 Å². The number of oxazole rings is 1. The van der Waals surface area contributed by atoms with Crippen LogP contribution in [0.25, 0.3) is 0 Å². The Hall–Kier alpha value is -1.03. The molecule has 5 heteroatoms. The van der Waals surface area contributed by atoms with Crippen LogP contribution in [0.3, 0.4) is 0 Å². The maximum absolute atomic E-state index is 6.22. The molecular weight excluding hydrogens is 307 g/mol. The average molecular weight is 325 g/mol. The molecule has 112 valence electrons. The first-order valence-electron chi connectivity index (χ1n) is 7.16. The van der Waals surface area contributed by atoms with Crippen LogP contribution in [0.4, 0.5) is 0 Å². The monoisotopic (exact) mass is 324 g/mol. The fourth-order valence-corrected chi connectivity index (χ4v) is 3.37. The lowest BCUT2D eigenvalue weighted by Gasteiger charge is -2.37. The molecule has 3 rings (SSSR count). The molecule has 0 saturated carbocycles. The molecule has 0 amide bonds. The molecule has 0 aliphatic carbocycles. The minimum atomic E-state index is 0.0107. The summed E-state index contributed by atoms with van der Waals surface area (Å²) in [5.74, 6) is 0.792. The second kappa shape index (κ2) is 5.99. The number of halogens is 2. The van der Waals surface area contributed by atoms with Crippen LogP contribution >= 0.6 is 23.2 Å². The highest BCUT2D eigenvalue weighted by Gasteiger charge is 2.36. The molecule has 1 aromatic carbocycles. The van der Waals surface area contributed by atoms with Crippen molar-refractivity contribution in [3.8, 4) is 0 Å². The van der Waals surface area contributed by atoms with Gasteiger partial charge < -0.3 is 9.73 Å². The van der Waals surface area contributed by atoms with Gasteiger partial charge in [0.25, 0.3) is 0 Å². The first-order chi connectivity index (χ1) is 10.1. The van der Waals surface area contributed by atoms with E-state index in [1.54, 1.807) is 6.26 Å². The van der Waals surface area contributed by atoms with E-state index in [-0.39, 0.29) is 5.41 Å². The molecule has 2 heterocycles. The van der Waals surface area contributed by atoms with E-state index in [1.165, 1.54) is 5.56 Å². The van der Waals surface area contributed by atoms with Gasteiger partial charge in [0.1, 0.15) is 6.26 Å². The molecule has 1 aliphatic rings. The van der Waals surface area contributed by atoms with Gasteiger partial charge in [-0.15, -0.1) is 0 Å². The van der Waals surface area contributed by atoms with E-state index in [1.807, 2.05) is 19.1 Å². The second-order valence-electron chi connectivity index (χ2n) is 5.72. The first-order valence-corrected chi connectivity index (χ1v) is 7.92. The van der Waals surface area contributed by atoms with Crippen LogP contribution in [0, 0.1) is 6.92 Å². The number of aryl methyl sites for hydroxylation is 1. The van der Waals surface area contributed by atoms with Gasteiger partial charge in [0.15, 0.2) is 5.89 Å². The summed E-state index contributed by atoms with van der Waals surface area (Å²) in [7, 11) is 0. The number of hydrogen-bond donors (Lipinski definition) is 1. The predicted octanol–water partition coefficient (Wildman–Crippen LogP) is 4.15. The zero-order valence-corrected chi connectivity index (χ0v) is 13.5. The van der Waals surface area contributed by atoms with Gasteiger partial charge >= 0.3 is 0 Å². The minimum absolute atomic E-state index is 0.0107. The van der Waals surface area contributed by atoms with Gasteiger partial charge in [-0.05, 0) is 50.6 Å². The Labute approximate surface area is 134 Å². The number of hydrogen-bond acceptors (Lipinski definition) is 3. The normalized spacial score (nSPS) is 17.9. The lowest BCUT2D eigenvalue weighted by molar-refractivity contribution is 0.282. The molecule has 0 unspecified atom stereocenters. The number of nitrogens with zero attached hydrogens (tertiary/aromatic N) is 1. The molecule has 21 heavy (non-hydrogen) atoms. The summed E-state index contributed by atoms with van der Waals surface area (Å²) < 4.78 is 5.58. The van der Waals surface area contributed by atoms with E-state index in [0.717, 1.165) is 43.9 Å². The van der Waals surface area contributed by atoms with Crippen molar-refractivity contribution in [3.63, 3.8) is 0 Å². The third kappa shape index (κ3) is 3.10. The fraction of sp³-hybridized carbons (Fsp3) is 0.438. The molecule has 0 radical (unpaired) electrons. The summed E-state index contributed by atoms with van der Waals surface area (Å²) in [6.45, 7) is 3.92. The quantitative estimate of drug-likeness (QED) is 0.921. The van der Waals surface area contributed by atoms with Crippen molar-refractivity contribution < 1.29 is 4.42 Å². The van der Waals surface area contributed by atoms with E-state index < -0.39 is 0 Å². The van der Waals surface area contributed by atoms with E-state index in [9.17, 15) is 0 Å². The van der Waals surface area contributed by atoms with Crippen LogP contribution in [0.2, 0.25) is 10.0 Å². The SMILES string of the molecule is Cc1coc(CC2(c3ccc(Cl)c(Cl)c3)CCNCC2)n1. The van der Waals surface area contributed by atoms with Gasteiger partial charge in [-0.25, -0.2) is 4.98 Å². The summed E-state index contributed by atoms with van der Waals surface area (Å²) in [4.78, 5) is 4.47. The van der Waals surface area contributed by atoms with E-state index in [0.29, 0.717) is 10.0 Å². The van der Waals surface area contributed by atoms with Crippen molar-refractivity contribution in [1.29, 1.82) is 0 Å². The van der Waals surface area contributed by atoms with Crippen molar-refractivity contribution in [2.45, 2.75) is 31.6 Å². The van der Waals surface area contributed by atoms with Crippen LogP contribution in [-0.2, 0) is 11.8 Å². The number of benzene rings is 1. The molecule has 1 aliphatic heterocycles. The summed E-state index contributed by atoms with van der Waals surface area (Å²) in [5.41, 5.74) is 2.15. The smallest absolute Gasteiger partial charge is 0.195 e. The Morgan fingerprint density at radius 1 is 1.24 bits per heavy atom. The molecule has 3 nitrogen and oxygen atoms in total. The van der Waals surface area contributed by atoms with Crippen molar-refractivity contribution in [2.75, 3.05) is 13.1 Å². The Bertz CT molecular complexity index is 633. The third-order valence-corrected chi connectivity index (χ3v) is 4.99. The standard InChI is InChI=1S/C16H18Cl2N2O/c1-11-10-21-15(20-11)9-16(4-6-19-7-5-16)12-2-3-13(17)14(18)8-12/h2-3,8,10,19H,4-7,9H2,1H3. The molecular formula is C16H18Cl2N2O. The number of piperidine rings is 1. The molecule has 1 fully saturated rings. The predicted molar refractivity (Wildman–Crippen MR) is 85.2 cm³/mol. The van der Waals surface area contributed by atoms with Crippen LogP contribution in [0.15, 0.2) is 28.9 Å². The summed E-state index contributed by atoms with van der Waals surface area (Å²) >= 11 is 12.3. The summed E-state index contributed by atoms with van der Waals surface area (Å²) in [6, 6.07) is 5.95. The van der Waals surface area contributed by atoms with Crippen LogP contribution < -0.4 is 5.32 Å². The van der Waals surface area contributed by atoms with E-state index in [4.69, 9.17) is 27.6 Å². The Balaban J connectivity index is 1.97. The maximum atomic E-state index is 6.22. The van der Waals surface area contributed by atoms with Crippen molar-refractivity contribution in [1.82, 2.24) is 10.3 Å². The molecule has 0 bridgehead atoms. The van der Waals surface area contributed by atoms with Gasteiger partial charge in [-0.3, -0.25) is 0 Å². The molecule has 1 saturated heterocycles. The molecule has 0 atom stereocenters. The highest BCUT2D eigenvalue weighted by molar-refractivity contribution is 6.42. The second-order valence-corrected chi connectivity index (χ2v) is 6.53. The van der Waals surface area contributed by atoms with Crippen molar-refractivity contribution >= 4 is 23.2 Å². The van der Waals surface area contributed by atoms with Gasteiger partial charge in [0.05, 0.1) is 15.7 Å². The van der Waals surface area contributed by atoms with Crippen LogP contribution in [0.1, 0.15) is 30.0 Å². The molecule has 2 aromatic rings. The maximum Gasteiger partial charge on any atom is 0.195 e. The lowest BCUT2D eigenvalue weighted by atomic mass is 9.71. The van der Waals surface area contributed by atoms with Gasteiger partial charge in [-0.1, -0.05) is 29.3 Å². The Morgan fingerprint density at radius 3 is 2.62 bits per heavy atom. The zero-order valence-electron chi connectivity index (χ0n) is 12.0. The zero-order chi connectivity index (χ0) is 14.9. The summed E-state index contributed by atoms with van der Waals surface area (Å²) in [6.07, 6.45) is 4.57. The Kier molecular flexibility index (Phi) is 4.25. The highest BCUT2D eigenvalue weighted by atomic mass is 35.5. The largest absolute Gasteiger partial charge is 0.449 e. The van der Waals surface area contributed by atoms with Crippen molar-refractivity contribution in [2.24, 2.45) is 0 Å². The highest BCUT2D eigenvalue weighted by Crippen LogP contribution is 2.39. The molecule has 1 N–H and O–H groups in total. The van der Waals surface area contributed by atoms with Gasteiger partial charge in [0, 0.05) is 11.8 Å². The number of nitrogens with one attached hydrogen (secondary N) is 1. The third-order valence-electron chi connectivity index (χ3n) is 4.25.